The molecule has 0 atom stereocenters. The standard InChI is InChI=1S/C16H13F3N2O2/c1-10(13-4-2-3-5-14(13)22)20-21-15(23)11-6-8-12(9-7-11)16(17,18)19/h2-9,22H,1H3,(H,21,23)/b20-10+. The number of para-hydroxylation sites is 1. The quantitative estimate of drug-likeness (QED) is 0.670. The van der Waals surface area contributed by atoms with Gasteiger partial charge in [-0.05, 0) is 43.3 Å². The lowest BCUT2D eigenvalue weighted by molar-refractivity contribution is -0.137. The van der Waals surface area contributed by atoms with Gasteiger partial charge in [0.15, 0.2) is 0 Å². The third kappa shape index (κ3) is 4.09. The SMILES string of the molecule is C/C(=N\NC(=O)c1ccc(C(F)(F)F)cc1)c1ccccc1O. The topological polar surface area (TPSA) is 61.7 Å². The van der Waals surface area contributed by atoms with Gasteiger partial charge in [0.1, 0.15) is 5.75 Å². The van der Waals surface area contributed by atoms with Crippen LogP contribution < -0.4 is 5.43 Å². The molecule has 2 rings (SSSR count). The molecule has 1 amide bonds. The van der Waals surface area contributed by atoms with E-state index < -0.39 is 17.6 Å². The highest BCUT2D eigenvalue weighted by molar-refractivity contribution is 6.02. The molecule has 7 heteroatoms. The van der Waals surface area contributed by atoms with Crippen LogP contribution in [0.25, 0.3) is 0 Å². The second-order valence-corrected chi connectivity index (χ2v) is 4.73. The third-order valence-electron chi connectivity index (χ3n) is 3.09. The monoisotopic (exact) mass is 322 g/mol. The normalized spacial score (nSPS) is 12.1. The van der Waals surface area contributed by atoms with E-state index in [-0.39, 0.29) is 11.3 Å². The van der Waals surface area contributed by atoms with Crippen LogP contribution in [0.4, 0.5) is 13.2 Å². The van der Waals surface area contributed by atoms with Crippen LogP contribution in [0.2, 0.25) is 0 Å². The minimum Gasteiger partial charge on any atom is -0.507 e. The molecule has 2 aromatic rings. The molecule has 2 aromatic carbocycles. The number of nitrogens with one attached hydrogen (secondary N) is 1. The Hall–Kier alpha value is -2.83. The van der Waals surface area contributed by atoms with Crippen LogP contribution in [-0.4, -0.2) is 16.7 Å². The maximum Gasteiger partial charge on any atom is 0.416 e. The number of hydrogen-bond acceptors (Lipinski definition) is 3. The Morgan fingerprint density at radius 1 is 1.09 bits per heavy atom. The number of phenols is 1. The van der Waals surface area contributed by atoms with Crippen molar-refractivity contribution in [2.24, 2.45) is 5.10 Å². The maximum absolute atomic E-state index is 12.5. The summed E-state index contributed by atoms with van der Waals surface area (Å²) in [7, 11) is 0. The lowest BCUT2D eigenvalue weighted by atomic mass is 10.1. The van der Waals surface area contributed by atoms with Gasteiger partial charge < -0.3 is 5.11 Å². The second-order valence-electron chi connectivity index (χ2n) is 4.73. The lowest BCUT2D eigenvalue weighted by Crippen LogP contribution is -2.19. The van der Waals surface area contributed by atoms with Crippen molar-refractivity contribution >= 4 is 11.6 Å². The van der Waals surface area contributed by atoms with Gasteiger partial charge in [0, 0.05) is 11.1 Å². The van der Waals surface area contributed by atoms with E-state index >= 15 is 0 Å². The Morgan fingerprint density at radius 3 is 2.26 bits per heavy atom. The molecule has 4 nitrogen and oxygen atoms in total. The summed E-state index contributed by atoms with van der Waals surface area (Å²) in [6, 6.07) is 10.2. The number of hydrazone groups is 1. The number of rotatable bonds is 3. The van der Waals surface area contributed by atoms with E-state index in [2.05, 4.69) is 10.5 Å². The van der Waals surface area contributed by atoms with Crippen molar-refractivity contribution in [3.8, 4) is 5.75 Å². The summed E-state index contributed by atoms with van der Waals surface area (Å²) in [5.41, 5.74) is 2.27. The molecule has 0 spiro atoms. The van der Waals surface area contributed by atoms with Crippen molar-refractivity contribution < 1.29 is 23.1 Å². The molecular weight excluding hydrogens is 309 g/mol. The first kappa shape index (κ1) is 16.5. The van der Waals surface area contributed by atoms with Crippen LogP contribution in [0.15, 0.2) is 53.6 Å². The summed E-state index contributed by atoms with van der Waals surface area (Å²) >= 11 is 0. The first-order valence-electron chi connectivity index (χ1n) is 6.59. The average Bonchev–Trinajstić information content (AvgIpc) is 2.52. The molecule has 0 heterocycles. The zero-order valence-electron chi connectivity index (χ0n) is 12.1. The molecule has 0 aliphatic rings. The number of nitrogens with zero attached hydrogens (tertiary/aromatic N) is 1. The van der Waals surface area contributed by atoms with Crippen LogP contribution in [0.3, 0.4) is 0 Å². The first-order valence-corrected chi connectivity index (χ1v) is 6.59. The molecular formula is C16H13F3N2O2. The Bertz CT molecular complexity index is 738. The van der Waals surface area contributed by atoms with Gasteiger partial charge in [0.25, 0.3) is 5.91 Å². The van der Waals surface area contributed by atoms with Gasteiger partial charge in [0.05, 0.1) is 11.3 Å². The molecule has 0 saturated carbocycles. The van der Waals surface area contributed by atoms with Crippen LogP contribution in [0, 0.1) is 0 Å². The summed E-state index contributed by atoms with van der Waals surface area (Å²) in [6.45, 7) is 1.59. The minimum absolute atomic E-state index is 0.0116. The highest BCUT2D eigenvalue weighted by Gasteiger charge is 2.30. The molecule has 0 fully saturated rings. The number of phenolic OH excluding ortho intramolecular Hbond substituents is 1. The molecule has 23 heavy (non-hydrogen) atoms. The van der Waals surface area contributed by atoms with Crippen LogP contribution in [0.5, 0.6) is 5.75 Å². The van der Waals surface area contributed by atoms with E-state index in [0.29, 0.717) is 11.3 Å². The van der Waals surface area contributed by atoms with Gasteiger partial charge in [-0.3, -0.25) is 4.79 Å². The Kier molecular flexibility index (Phi) is 4.68. The van der Waals surface area contributed by atoms with Gasteiger partial charge in [-0.2, -0.15) is 18.3 Å². The fraction of sp³-hybridized carbons (Fsp3) is 0.125. The number of alkyl halides is 3. The van der Waals surface area contributed by atoms with E-state index in [0.717, 1.165) is 24.3 Å². The summed E-state index contributed by atoms with van der Waals surface area (Å²) in [6.07, 6.45) is -4.45. The number of aromatic hydroxyl groups is 1. The molecule has 0 saturated heterocycles. The van der Waals surface area contributed by atoms with Gasteiger partial charge >= 0.3 is 6.18 Å². The van der Waals surface area contributed by atoms with E-state index in [9.17, 15) is 23.1 Å². The molecule has 0 aliphatic carbocycles. The summed E-state index contributed by atoms with van der Waals surface area (Å²) in [4.78, 5) is 11.9. The van der Waals surface area contributed by atoms with E-state index in [1.807, 2.05) is 0 Å². The Balaban J connectivity index is 2.10. The van der Waals surface area contributed by atoms with Crippen molar-refractivity contribution in [3.63, 3.8) is 0 Å². The van der Waals surface area contributed by atoms with Crippen LogP contribution in [0.1, 0.15) is 28.4 Å². The smallest absolute Gasteiger partial charge is 0.416 e. The largest absolute Gasteiger partial charge is 0.507 e. The number of amides is 1. The fourth-order valence-electron chi connectivity index (χ4n) is 1.85. The number of carbonyl (C=O) groups is 1. The Morgan fingerprint density at radius 2 is 1.70 bits per heavy atom. The number of hydrogen-bond donors (Lipinski definition) is 2. The van der Waals surface area contributed by atoms with Gasteiger partial charge in [-0.15, -0.1) is 0 Å². The number of carbonyl (C=O) groups excluding carboxylic acids is 1. The van der Waals surface area contributed by atoms with Gasteiger partial charge in [-0.1, -0.05) is 12.1 Å². The van der Waals surface area contributed by atoms with Crippen molar-refractivity contribution in [1.29, 1.82) is 0 Å². The molecule has 0 radical (unpaired) electrons. The van der Waals surface area contributed by atoms with Crippen LogP contribution >= 0.6 is 0 Å². The van der Waals surface area contributed by atoms with E-state index in [1.165, 1.54) is 6.07 Å². The fourth-order valence-corrected chi connectivity index (χ4v) is 1.85. The van der Waals surface area contributed by atoms with Gasteiger partial charge in [-0.25, -0.2) is 5.43 Å². The molecule has 0 unspecified atom stereocenters. The molecule has 120 valence electrons. The molecule has 0 aromatic heterocycles. The predicted octanol–water partition coefficient (Wildman–Crippen LogP) is 3.57. The summed E-state index contributed by atoms with van der Waals surface area (Å²) in [5, 5.41) is 13.5. The lowest BCUT2D eigenvalue weighted by Gasteiger charge is -2.07. The highest BCUT2D eigenvalue weighted by atomic mass is 19.4. The van der Waals surface area contributed by atoms with Crippen molar-refractivity contribution in [2.75, 3.05) is 0 Å². The average molecular weight is 322 g/mol. The second kappa shape index (κ2) is 6.51. The van der Waals surface area contributed by atoms with Crippen molar-refractivity contribution in [3.05, 3.63) is 65.2 Å². The first-order chi connectivity index (χ1) is 10.8. The summed E-state index contributed by atoms with van der Waals surface area (Å²) in [5.74, 6) is -0.633. The van der Waals surface area contributed by atoms with Crippen LogP contribution in [-0.2, 0) is 6.18 Å². The maximum atomic E-state index is 12.5. The predicted molar refractivity (Wildman–Crippen MR) is 79.2 cm³/mol. The Labute approximate surface area is 130 Å². The molecule has 0 bridgehead atoms. The van der Waals surface area contributed by atoms with E-state index in [4.69, 9.17) is 0 Å². The molecule has 0 aliphatic heterocycles. The van der Waals surface area contributed by atoms with Crippen molar-refractivity contribution in [2.45, 2.75) is 13.1 Å². The van der Waals surface area contributed by atoms with E-state index in [1.54, 1.807) is 25.1 Å². The zero-order valence-corrected chi connectivity index (χ0v) is 12.1. The zero-order chi connectivity index (χ0) is 17.0. The van der Waals surface area contributed by atoms with Gasteiger partial charge in [0.2, 0.25) is 0 Å². The third-order valence-corrected chi connectivity index (χ3v) is 3.09. The number of benzene rings is 2. The molecule has 2 N–H and O–H groups in total. The highest BCUT2D eigenvalue weighted by Crippen LogP contribution is 2.29. The number of halogens is 3. The van der Waals surface area contributed by atoms with Crippen molar-refractivity contribution in [1.82, 2.24) is 5.43 Å². The minimum atomic E-state index is -4.45. The summed E-state index contributed by atoms with van der Waals surface area (Å²) < 4.78 is 37.4.